The molecule has 1 aromatic carbocycles. The summed E-state index contributed by atoms with van der Waals surface area (Å²) in [6, 6.07) is 6.33. The molecule has 0 spiro atoms. The SMILES string of the molecule is CCOC(=O)C(N)CSCC(=O)Nc1ccc(OC)cc1. The minimum Gasteiger partial charge on any atom is -0.497 e. The van der Waals surface area contributed by atoms with Crippen molar-refractivity contribution >= 4 is 29.3 Å². The predicted molar refractivity (Wildman–Crippen MR) is 83.6 cm³/mol. The van der Waals surface area contributed by atoms with Crippen molar-refractivity contribution < 1.29 is 19.1 Å². The second-order valence-corrected chi connectivity index (χ2v) is 5.18. The van der Waals surface area contributed by atoms with Gasteiger partial charge in [-0.3, -0.25) is 9.59 Å². The fourth-order valence-electron chi connectivity index (χ4n) is 1.47. The number of anilines is 1. The quantitative estimate of drug-likeness (QED) is 0.702. The van der Waals surface area contributed by atoms with E-state index < -0.39 is 12.0 Å². The van der Waals surface area contributed by atoms with Crippen LogP contribution in [0.3, 0.4) is 0 Å². The van der Waals surface area contributed by atoms with Gasteiger partial charge in [-0.2, -0.15) is 0 Å². The molecule has 1 amide bonds. The van der Waals surface area contributed by atoms with Gasteiger partial charge in [-0.15, -0.1) is 11.8 Å². The summed E-state index contributed by atoms with van der Waals surface area (Å²) in [6.45, 7) is 2.02. The van der Waals surface area contributed by atoms with Crippen LogP contribution in [-0.2, 0) is 14.3 Å². The number of ether oxygens (including phenoxy) is 2. The molecule has 0 bridgehead atoms. The van der Waals surface area contributed by atoms with Crippen molar-refractivity contribution in [2.24, 2.45) is 5.73 Å². The molecule has 0 saturated carbocycles. The van der Waals surface area contributed by atoms with Gasteiger partial charge in [0.1, 0.15) is 11.8 Å². The Morgan fingerprint density at radius 1 is 1.33 bits per heavy atom. The van der Waals surface area contributed by atoms with Crippen LogP contribution < -0.4 is 15.8 Å². The number of methoxy groups -OCH3 is 1. The Morgan fingerprint density at radius 2 is 2.00 bits per heavy atom. The smallest absolute Gasteiger partial charge is 0.323 e. The molecule has 1 rings (SSSR count). The van der Waals surface area contributed by atoms with Gasteiger partial charge in [-0.25, -0.2) is 0 Å². The van der Waals surface area contributed by atoms with Gasteiger partial charge in [0.05, 0.1) is 19.5 Å². The summed E-state index contributed by atoms with van der Waals surface area (Å²) >= 11 is 1.29. The van der Waals surface area contributed by atoms with Crippen LogP contribution >= 0.6 is 11.8 Å². The maximum absolute atomic E-state index is 11.7. The lowest BCUT2D eigenvalue weighted by Crippen LogP contribution is -2.35. The number of carbonyl (C=O) groups excluding carboxylic acids is 2. The number of hydrogen-bond acceptors (Lipinski definition) is 6. The monoisotopic (exact) mass is 312 g/mol. The first-order chi connectivity index (χ1) is 10.1. The van der Waals surface area contributed by atoms with Gasteiger partial charge in [0.25, 0.3) is 0 Å². The van der Waals surface area contributed by atoms with Crippen molar-refractivity contribution in [1.29, 1.82) is 0 Å². The summed E-state index contributed by atoms with van der Waals surface area (Å²) in [4.78, 5) is 23.0. The van der Waals surface area contributed by atoms with Gasteiger partial charge in [-0.1, -0.05) is 0 Å². The van der Waals surface area contributed by atoms with E-state index in [1.54, 1.807) is 38.3 Å². The highest BCUT2D eigenvalue weighted by Crippen LogP contribution is 2.15. The first kappa shape index (κ1) is 17.3. The molecule has 7 heteroatoms. The molecule has 0 saturated heterocycles. The molecule has 0 radical (unpaired) electrons. The first-order valence-electron chi connectivity index (χ1n) is 6.50. The third-order valence-corrected chi connectivity index (χ3v) is 3.55. The van der Waals surface area contributed by atoms with E-state index >= 15 is 0 Å². The topological polar surface area (TPSA) is 90.7 Å². The Morgan fingerprint density at radius 3 is 2.57 bits per heavy atom. The Balaban J connectivity index is 2.29. The highest BCUT2D eigenvalue weighted by atomic mass is 32.2. The number of hydrogen-bond donors (Lipinski definition) is 2. The Bertz CT molecular complexity index is 465. The number of carbonyl (C=O) groups is 2. The van der Waals surface area contributed by atoms with Crippen LogP contribution in [0.25, 0.3) is 0 Å². The van der Waals surface area contributed by atoms with E-state index in [0.29, 0.717) is 18.0 Å². The summed E-state index contributed by atoms with van der Waals surface area (Å²) in [6.07, 6.45) is 0. The average molecular weight is 312 g/mol. The number of nitrogens with one attached hydrogen (secondary N) is 1. The van der Waals surface area contributed by atoms with Crippen LogP contribution in [0.4, 0.5) is 5.69 Å². The largest absolute Gasteiger partial charge is 0.497 e. The van der Waals surface area contributed by atoms with Crippen molar-refractivity contribution in [3.05, 3.63) is 24.3 Å². The zero-order chi connectivity index (χ0) is 15.7. The molecule has 3 N–H and O–H groups in total. The van der Waals surface area contributed by atoms with E-state index in [1.165, 1.54) is 11.8 Å². The minimum absolute atomic E-state index is 0.152. The Hall–Kier alpha value is -1.73. The maximum atomic E-state index is 11.7. The van der Waals surface area contributed by atoms with Crippen molar-refractivity contribution in [2.45, 2.75) is 13.0 Å². The lowest BCUT2D eigenvalue weighted by molar-refractivity contribution is -0.144. The molecule has 1 atom stereocenters. The van der Waals surface area contributed by atoms with E-state index in [-0.39, 0.29) is 11.7 Å². The highest BCUT2D eigenvalue weighted by molar-refractivity contribution is 8.00. The lowest BCUT2D eigenvalue weighted by atomic mass is 10.3. The molecule has 1 aromatic rings. The van der Waals surface area contributed by atoms with Crippen LogP contribution in [-0.4, -0.2) is 43.1 Å². The van der Waals surface area contributed by atoms with Crippen LogP contribution in [0.5, 0.6) is 5.75 Å². The molecular formula is C14H20N2O4S. The summed E-state index contributed by atoms with van der Waals surface area (Å²) in [7, 11) is 1.58. The molecule has 0 aliphatic carbocycles. The van der Waals surface area contributed by atoms with Crippen molar-refractivity contribution in [3.8, 4) is 5.75 Å². The van der Waals surface area contributed by atoms with Crippen LogP contribution in [0.2, 0.25) is 0 Å². The van der Waals surface area contributed by atoms with E-state index in [9.17, 15) is 9.59 Å². The van der Waals surface area contributed by atoms with Crippen LogP contribution in [0.1, 0.15) is 6.92 Å². The molecule has 0 aliphatic rings. The fraction of sp³-hybridized carbons (Fsp3) is 0.429. The van der Waals surface area contributed by atoms with Gasteiger partial charge in [0.2, 0.25) is 5.91 Å². The molecule has 0 fully saturated rings. The number of amides is 1. The second-order valence-electron chi connectivity index (χ2n) is 4.15. The molecule has 6 nitrogen and oxygen atoms in total. The summed E-state index contributed by atoms with van der Waals surface area (Å²) < 4.78 is 9.82. The third-order valence-electron chi connectivity index (χ3n) is 2.49. The van der Waals surface area contributed by atoms with Gasteiger partial charge < -0.3 is 20.5 Å². The van der Waals surface area contributed by atoms with Gasteiger partial charge in [0, 0.05) is 11.4 Å². The van der Waals surface area contributed by atoms with Crippen LogP contribution in [0.15, 0.2) is 24.3 Å². The molecule has 0 aromatic heterocycles. The number of rotatable bonds is 8. The highest BCUT2D eigenvalue weighted by Gasteiger charge is 2.15. The Labute approximate surface area is 128 Å². The normalized spacial score (nSPS) is 11.6. The second kappa shape index (κ2) is 9.25. The summed E-state index contributed by atoms with van der Waals surface area (Å²) in [5.74, 6) is 0.693. The predicted octanol–water partition coefficient (Wildman–Crippen LogP) is 1.26. The number of nitrogens with two attached hydrogens (primary N) is 1. The van der Waals surface area contributed by atoms with E-state index in [1.807, 2.05) is 0 Å². The standard InChI is InChI=1S/C14H20N2O4S/c1-3-20-14(18)12(15)8-21-9-13(17)16-10-4-6-11(19-2)7-5-10/h4-7,12H,3,8-9,15H2,1-2H3,(H,16,17). The van der Waals surface area contributed by atoms with Crippen LogP contribution in [0, 0.1) is 0 Å². The molecule has 0 heterocycles. The van der Waals surface area contributed by atoms with Crippen molar-refractivity contribution in [3.63, 3.8) is 0 Å². The fourth-order valence-corrected chi connectivity index (χ4v) is 2.23. The number of benzene rings is 1. The molecular weight excluding hydrogens is 292 g/mol. The third kappa shape index (κ3) is 6.50. The lowest BCUT2D eigenvalue weighted by Gasteiger charge is -2.10. The van der Waals surface area contributed by atoms with Gasteiger partial charge >= 0.3 is 5.97 Å². The van der Waals surface area contributed by atoms with E-state index in [2.05, 4.69) is 5.32 Å². The van der Waals surface area contributed by atoms with Crippen molar-refractivity contribution in [1.82, 2.24) is 0 Å². The molecule has 21 heavy (non-hydrogen) atoms. The Kier molecular flexibility index (Phi) is 7.63. The summed E-state index contributed by atoms with van der Waals surface area (Å²) in [5.41, 5.74) is 6.32. The average Bonchev–Trinajstić information content (AvgIpc) is 2.48. The summed E-state index contributed by atoms with van der Waals surface area (Å²) in [5, 5.41) is 2.75. The van der Waals surface area contributed by atoms with E-state index in [4.69, 9.17) is 15.2 Å². The van der Waals surface area contributed by atoms with Gasteiger partial charge in [0.15, 0.2) is 0 Å². The zero-order valence-electron chi connectivity index (χ0n) is 12.1. The molecule has 0 aliphatic heterocycles. The minimum atomic E-state index is -0.705. The molecule has 1 unspecified atom stereocenters. The first-order valence-corrected chi connectivity index (χ1v) is 7.66. The number of esters is 1. The van der Waals surface area contributed by atoms with Crippen molar-refractivity contribution in [2.75, 3.05) is 30.5 Å². The zero-order valence-corrected chi connectivity index (χ0v) is 12.9. The van der Waals surface area contributed by atoms with E-state index in [0.717, 1.165) is 5.75 Å². The maximum Gasteiger partial charge on any atom is 0.323 e. The molecule has 116 valence electrons. The van der Waals surface area contributed by atoms with Gasteiger partial charge in [-0.05, 0) is 31.2 Å². The number of thioether (sulfide) groups is 1.